The Morgan fingerprint density at radius 2 is 0.795 bits per heavy atom. The van der Waals surface area contributed by atoms with Crippen molar-refractivity contribution < 1.29 is 21.3 Å². The molecule has 0 aliphatic rings. The van der Waals surface area contributed by atoms with Gasteiger partial charge < -0.3 is 0 Å². The van der Waals surface area contributed by atoms with Crippen molar-refractivity contribution in [1.29, 1.82) is 0 Å². The first-order valence-electron chi connectivity index (χ1n) is 15.7. The molecule has 0 unspecified atom stereocenters. The monoisotopic (exact) mass is 802 g/mol. The maximum absolute atomic E-state index is 2.30. The van der Waals surface area contributed by atoms with Crippen LogP contribution >= 0.6 is 0 Å². The number of benzene rings is 4. The SMILES string of the molecule is CCc1cccc(-[c-]2c(C)ccc2C)c1.CCc1cccc(-[c-]2c(C)ccc2C)c1.[Hf+2]=[Ge]([c]1ccccc1)[c]1ccccc1. The van der Waals surface area contributed by atoms with Crippen LogP contribution in [0.1, 0.15) is 47.2 Å². The summed E-state index contributed by atoms with van der Waals surface area (Å²) in [7, 11) is -1.06. The van der Waals surface area contributed by atoms with E-state index in [2.05, 4.69) is 175 Å². The molecular weight excluding hydrogens is 756 g/mol. The summed E-state index contributed by atoms with van der Waals surface area (Å²) < 4.78 is 3.20. The van der Waals surface area contributed by atoms with Gasteiger partial charge in [0.2, 0.25) is 0 Å². The summed E-state index contributed by atoms with van der Waals surface area (Å²) in [6.45, 7) is 13.1. The summed E-state index contributed by atoms with van der Waals surface area (Å²) in [5.74, 6) is 0. The third-order valence-corrected chi connectivity index (χ3v) is 22.7. The Hall–Kier alpha value is -3.01. The van der Waals surface area contributed by atoms with Crippen LogP contribution in [-0.2, 0) is 34.1 Å². The normalized spacial score (nSPS) is 10.4. The average molecular weight is 800 g/mol. The molecule has 0 N–H and O–H groups in total. The molecule has 0 saturated heterocycles. The first kappa shape index (κ1) is 33.9. The first-order chi connectivity index (χ1) is 21.3. The van der Waals surface area contributed by atoms with Gasteiger partial charge in [0, 0.05) is 0 Å². The molecule has 0 bridgehead atoms. The minimum absolute atomic E-state index is 1.06. The van der Waals surface area contributed by atoms with Gasteiger partial charge in [0.25, 0.3) is 0 Å². The van der Waals surface area contributed by atoms with Gasteiger partial charge in [0.05, 0.1) is 0 Å². The fraction of sp³-hybridized carbons (Fsp3) is 0.190. The van der Waals surface area contributed by atoms with Gasteiger partial charge in [-0.2, -0.15) is 0 Å². The summed E-state index contributed by atoms with van der Waals surface area (Å²) in [6.07, 6.45) is 2.21. The molecule has 0 aliphatic heterocycles. The van der Waals surface area contributed by atoms with Crippen molar-refractivity contribution in [2.45, 2.75) is 54.4 Å². The summed E-state index contributed by atoms with van der Waals surface area (Å²) >= 11 is 1.33. The average Bonchev–Trinajstić information content (AvgIpc) is 3.60. The standard InChI is InChI=1S/2C15H17.C12H10Ge.Hf/c2*1-4-13-6-5-7-14(10-13)15-11(2)8-9-12(15)3;1-3-7-11(8-4-1)13-12-9-5-2-6-10-12;/h2*5-10H,4H2,1-3H3;1-10H;/q2*-1;;+2. The topological polar surface area (TPSA) is 0 Å². The van der Waals surface area contributed by atoms with Gasteiger partial charge in [-0.3, -0.25) is 0 Å². The van der Waals surface area contributed by atoms with E-state index in [1.807, 2.05) is 0 Å². The summed E-state index contributed by atoms with van der Waals surface area (Å²) in [5, 5.41) is 0. The molecule has 0 amide bonds. The molecule has 6 aromatic rings. The number of rotatable bonds is 6. The third-order valence-electron chi connectivity index (χ3n) is 8.12. The Balaban J connectivity index is 0.000000151. The number of hydrogen-bond donors (Lipinski definition) is 0. The Labute approximate surface area is 281 Å². The van der Waals surface area contributed by atoms with E-state index >= 15 is 0 Å². The second-order valence-electron chi connectivity index (χ2n) is 11.4. The summed E-state index contributed by atoms with van der Waals surface area (Å²) in [5.41, 5.74) is 13.8. The van der Waals surface area contributed by atoms with Crippen molar-refractivity contribution in [2.75, 3.05) is 0 Å². The summed E-state index contributed by atoms with van der Waals surface area (Å²) in [6, 6.07) is 48.5. The van der Waals surface area contributed by atoms with E-state index in [0.717, 1.165) is 12.8 Å². The second kappa shape index (κ2) is 16.9. The molecule has 44 heavy (non-hydrogen) atoms. The van der Waals surface area contributed by atoms with Crippen LogP contribution in [0.5, 0.6) is 0 Å². The quantitative estimate of drug-likeness (QED) is 0.116. The third kappa shape index (κ3) is 9.02. The molecule has 0 atom stereocenters. The van der Waals surface area contributed by atoms with E-state index < -0.39 is 10.1 Å². The molecule has 0 saturated carbocycles. The predicted octanol–water partition coefficient (Wildman–Crippen LogP) is 9.84. The van der Waals surface area contributed by atoms with Crippen LogP contribution in [0, 0.1) is 27.7 Å². The van der Waals surface area contributed by atoms with Crippen LogP contribution < -0.4 is 8.79 Å². The van der Waals surface area contributed by atoms with E-state index in [-0.39, 0.29) is 0 Å². The molecule has 6 rings (SSSR count). The van der Waals surface area contributed by atoms with E-state index in [4.69, 9.17) is 0 Å². The molecule has 2 heteroatoms. The van der Waals surface area contributed by atoms with E-state index in [0.29, 0.717) is 0 Å². The Morgan fingerprint density at radius 3 is 1.11 bits per heavy atom. The van der Waals surface area contributed by atoms with Crippen LogP contribution in [0.25, 0.3) is 22.3 Å². The van der Waals surface area contributed by atoms with Gasteiger partial charge in [0.1, 0.15) is 0 Å². The van der Waals surface area contributed by atoms with Gasteiger partial charge in [0.15, 0.2) is 0 Å². The van der Waals surface area contributed by atoms with Crippen LogP contribution in [0.4, 0.5) is 0 Å². The zero-order valence-electron chi connectivity index (χ0n) is 27.1. The van der Waals surface area contributed by atoms with Crippen molar-refractivity contribution >= 4 is 18.8 Å². The second-order valence-corrected chi connectivity index (χ2v) is 24.7. The Kier molecular flexibility index (Phi) is 13.0. The van der Waals surface area contributed by atoms with Crippen LogP contribution in [0.15, 0.2) is 133 Å². The number of hydrogen-bond acceptors (Lipinski definition) is 0. The summed E-state index contributed by atoms with van der Waals surface area (Å²) in [4.78, 5) is 0. The van der Waals surface area contributed by atoms with Crippen molar-refractivity contribution in [2.24, 2.45) is 0 Å². The fourth-order valence-corrected chi connectivity index (χ4v) is 14.8. The number of aryl methyl sites for hydroxylation is 6. The van der Waals surface area contributed by atoms with Gasteiger partial charge in [-0.1, -0.05) is 88.1 Å². The van der Waals surface area contributed by atoms with Crippen molar-refractivity contribution in [3.63, 3.8) is 0 Å². The molecule has 0 spiro atoms. The van der Waals surface area contributed by atoms with Crippen LogP contribution in [-0.4, -0.2) is 10.1 Å². The van der Waals surface area contributed by atoms with Gasteiger partial charge >= 0.3 is 101 Å². The minimum atomic E-state index is -1.06. The van der Waals surface area contributed by atoms with Gasteiger partial charge in [-0.05, 0) is 12.8 Å². The molecule has 0 aromatic heterocycles. The van der Waals surface area contributed by atoms with E-state index in [9.17, 15) is 0 Å². The van der Waals surface area contributed by atoms with Gasteiger partial charge in [-0.15, -0.1) is 81.9 Å². The molecule has 6 aromatic carbocycles. The van der Waals surface area contributed by atoms with Crippen LogP contribution in [0.2, 0.25) is 0 Å². The Morgan fingerprint density at radius 1 is 0.455 bits per heavy atom. The molecule has 0 aliphatic carbocycles. The zero-order chi connectivity index (χ0) is 31.5. The van der Waals surface area contributed by atoms with E-state index in [1.165, 1.54) is 76.9 Å². The molecule has 220 valence electrons. The van der Waals surface area contributed by atoms with Gasteiger partial charge in [-0.25, -0.2) is 0 Å². The molecular formula is C42H44GeHf. The predicted molar refractivity (Wildman–Crippen MR) is 191 cm³/mol. The zero-order valence-corrected chi connectivity index (χ0v) is 32.8. The fourth-order valence-electron chi connectivity index (χ4n) is 5.64. The van der Waals surface area contributed by atoms with E-state index in [1.54, 1.807) is 8.79 Å². The maximum atomic E-state index is 2.30. The Bertz CT molecular complexity index is 1600. The molecule has 0 radical (unpaired) electrons. The van der Waals surface area contributed by atoms with Crippen LogP contribution in [0.3, 0.4) is 0 Å². The van der Waals surface area contributed by atoms with Crippen molar-refractivity contribution in [3.8, 4) is 22.3 Å². The molecule has 0 heterocycles. The molecule has 0 fully saturated rings. The first-order valence-corrected chi connectivity index (χ1v) is 28.1. The van der Waals surface area contributed by atoms with Crippen molar-refractivity contribution in [1.82, 2.24) is 0 Å². The van der Waals surface area contributed by atoms with Crippen molar-refractivity contribution in [3.05, 3.63) is 167 Å². The molecule has 0 nitrogen and oxygen atoms in total.